The number of rotatable bonds is 6. The van der Waals surface area contributed by atoms with Gasteiger partial charge in [-0.15, -0.1) is 0 Å². The van der Waals surface area contributed by atoms with Crippen LogP contribution in [0.5, 0.6) is 5.75 Å². The Kier molecular flexibility index (Phi) is 5.28. The molecule has 3 rings (SSSR count). The molecule has 130 valence electrons. The molecular weight excluding hydrogens is 320 g/mol. The summed E-state index contributed by atoms with van der Waals surface area (Å²) in [6.45, 7) is 0.897. The van der Waals surface area contributed by atoms with Crippen LogP contribution in [0.15, 0.2) is 48.7 Å². The Hall–Kier alpha value is -2.89. The minimum atomic E-state index is -0.927. The standard InChI is InChI=1S/C19H20N2O4/c22-18(21-11-3-5-17(21)19(23)24)12-14-6-8-16(9-7-14)25-13-15-4-1-2-10-20-15/h1-2,4,6-10,17H,3,5,11-13H2,(H,23,24). The van der Waals surface area contributed by atoms with Crippen molar-refractivity contribution in [3.05, 3.63) is 59.9 Å². The molecule has 0 aliphatic carbocycles. The number of likely N-dealkylation sites (tertiary alicyclic amines) is 1. The van der Waals surface area contributed by atoms with Gasteiger partial charge in [0.05, 0.1) is 12.1 Å². The Balaban J connectivity index is 1.55. The van der Waals surface area contributed by atoms with Crippen LogP contribution in [0.25, 0.3) is 0 Å². The van der Waals surface area contributed by atoms with Crippen molar-refractivity contribution >= 4 is 11.9 Å². The topological polar surface area (TPSA) is 79.7 Å². The Bertz CT molecular complexity index is 731. The number of carboxylic acids is 1. The summed E-state index contributed by atoms with van der Waals surface area (Å²) in [5, 5.41) is 9.17. The first-order valence-electron chi connectivity index (χ1n) is 8.27. The van der Waals surface area contributed by atoms with Crippen molar-refractivity contribution in [1.29, 1.82) is 0 Å². The smallest absolute Gasteiger partial charge is 0.326 e. The first kappa shape index (κ1) is 17.0. The van der Waals surface area contributed by atoms with Crippen molar-refractivity contribution in [3.8, 4) is 5.75 Å². The molecule has 25 heavy (non-hydrogen) atoms. The fourth-order valence-corrected chi connectivity index (χ4v) is 2.94. The quantitative estimate of drug-likeness (QED) is 0.873. The molecule has 0 bridgehead atoms. The highest BCUT2D eigenvalue weighted by Crippen LogP contribution is 2.20. The number of aromatic nitrogens is 1. The van der Waals surface area contributed by atoms with Gasteiger partial charge in [0.1, 0.15) is 18.4 Å². The summed E-state index contributed by atoms with van der Waals surface area (Å²) in [5.74, 6) is -0.373. The van der Waals surface area contributed by atoms with Gasteiger partial charge in [0.15, 0.2) is 0 Å². The van der Waals surface area contributed by atoms with Crippen LogP contribution in [-0.4, -0.2) is 39.5 Å². The predicted octanol–water partition coefficient (Wildman–Crippen LogP) is 2.28. The molecule has 1 N–H and O–H groups in total. The third kappa shape index (κ3) is 4.35. The molecule has 0 spiro atoms. The van der Waals surface area contributed by atoms with E-state index in [1.807, 2.05) is 42.5 Å². The van der Waals surface area contributed by atoms with Gasteiger partial charge in [-0.1, -0.05) is 18.2 Å². The number of carbonyl (C=O) groups excluding carboxylic acids is 1. The molecule has 2 aromatic rings. The fraction of sp³-hybridized carbons (Fsp3) is 0.316. The molecular formula is C19H20N2O4. The lowest BCUT2D eigenvalue weighted by Crippen LogP contribution is -2.41. The van der Waals surface area contributed by atoms with Gasteiger partial charge in [-0.2, -0.15) is 0 Å². The summed E-state index contributed by atoms with van der Waals surface area (Å²) in [5.41, 5.74) is 1.68. The number of amides is 1. The van der Waals surface area contributed by atoms with Gasteiger partial charge in [-0.05, 0) is 42.7 Å². The Morgan fingerprint density at radius 2 is 2.00 bits per heavy atom. The third-order valence-corrected chi connectivity index (χ3v) is 4.25. The Morgan fingerprint density at radius 1 is 1.20 bits per heavy atom. The normalized spacial score (nSPS) is 16.6. The van der Waals surface area contributed by atoms with Crippen LogP contribution in [0.1, 0.15) is 24.1 Å². The van der Waals surface area contributed by atoms with E-state index in [9.17, 15) is 14.7 Å². The van der Waals surface area contributed by atoms with Gasteiger partial charge in [0.25, 0.3) is 0 Å². The first-order valence-corrected chi connectivity index (χ1v) is 8.27. The van der Waals surface area contributed by atoms with Gasteiger partial charge in [0.2, 0.25) is 5.91 Å². The van der Waals surface area contributed by atoms with Gasteiger partial charge < -0.3 is 14.7 Å². The van der Waals surface area contributed by atoms with E-state index in [-0.39, 0.29) is 12.3 Å². The van der Waals surface area contributed by atoms with E-state index in [1.165, 1.54) is 4.90 Å². The van der Waals surface area contributed by atoms with E-state index >= 15 is 0 Å². The lowest BCUT2D eigenvalue weighted by atomic mass is 10.1. The Labute approximate surface area is 146 Å². The van der Waals surface area contributed by atoms with Crippen LogP contribution >= 0.6 is 0 Å². The molecule has 0 radical (unpaired) electrons. The van der Waals surface area contributed by atoms with Gasteiger partial charge in [-0.25, -0.2) is 4.79 Å². The lowest BCUT2D eigenvalue weighted by Gasteiger charge is -2.21. The molecule has 1 fully saturated rings. The predicted molar refractivity (Wildman–Crippen MR) is 91.1 cm³/mol. The number of ether oxygens (including phenoxy) is 1. The maximum absolute atomic E-state index is 12.3. The maximum Gasteiger partial charge on any atom is 0.326 e. The number of carboxylic acid groups (broad SMARTS) is 1. The summed E-state index contributed by atoms with van der Waals surface area (Å²) < 4.78 is 5.66. The average molecular weight is 340 g/mol. The highest BCUT2D eigenvalue weighted by Gasteiger charge is 2.33. The van der Waals surface area contributed by atoms with Crippen LogP contribution in [0, 0.1) is 0 Å². The van der Waals surface area contributed by atoms with Gasteiger partial charge >= 0.3 is 5.97 Å². The average Bonchev–Trinajstić information content (AvgIpc) is 3.12. The van der Waals surface area contributed by atoms with E-state index in [4.69, 9.17) is 4.74 Å². The van der Waals surface area contributed by atoms with E-state index in [0.717, 1.165) is 17.7 Å². The van der Waals surface area contributed by atoms with Crippen molar-refractivity contribution in [2.45, 2.75) is 31.9 Å². The van der Waals surface area contributed by atoms with Crippen molar-refractivity contribution in [3.63, 3.8) is 0 Å². The molecule has 1 saturated heterocycles. The molecule has 6 nitrogen and oxygen atoms in total. The second kappa shape index (κ2) is 7.79. The summed E-state index contributed by atoms with van der Waals surface area (Å²) in [6.07, 6.45) is 3.19. The molecule has 1 aliphatic heterocycles. The highest BCUT2D eigenvalue weighted by atomic mass is 16.5. The largest absolute Gasteiger partial charge is 0.487 e. The molecule has 1 aliphatic rings. The molecule has 2 heterocycles. The second-order valence-electron chi connectivity index (χ2n) is 6.01. The zero-order chi connectivity index (χ0) is 17.6. The number of benzene rings is 1. The van der Waals surface area contributed by atoms with E-state index < -0.39 is 12.0 Å². The van der Waals surface area contributed by atoms with Crippen molar-refractivity contribution in [2.75, 3.05) is 6.54 Å². The third-order valence-electron chi connectivity index (χ3n) is 4.25. The number of carbonyl (C=O) groups is 2. The van der Waals surface area contributed by atoms with Crippen LogP contribution in [-0.2, 0) is 22.6 Å². The van der Waals surface area contributed by atoms with E-state index in [1.54, 1.807) is 6.20 Å². The van der Waals surface area contributed by atoms with Crippen LogP contribution in [0.3, 0.4) is 0 Å². The summed E-state index contributed by atoms with van der Waals surface area (Å²) in [4.78, 5) is 29.2. The minimum absolute atomic E-state index is 0.146. The Morgan fingerprint density at radius 3 is 2.68 bits per heavy atom. The zero-order valence-electron chi connectivity index (χ0n) is 13.8. The number of nitrogens with zero attached hydrogens (tertiary/aromatic N) is 2. The van der Waals surface area contributed by atoms with E-state index in [0.29, 0.717) is 25.3 Å². The molecule has 1 aromatic heterocycles. The summed E-state index contributed by atoms with van der Waals surface area (Å²) in [6, 6.07) is 12.2. The SMILES string of the molecule is O=C(O)C1CCCN1C(=O)Cc1ccc(OCc2ccccn2)cc1. The molecule has 6 heteroatoms. The second-order valence-corrected chi connectivity index (χ2v) is 6.01. The fourth-order valence-electron chi connectivity index (χ4n) is 2.94. The highest BCUT2D eigenvalue weighted by molar-refractivity contribution is 5.85. The number of hydrogen-bond acceptors (Lipinski definition) is 4. The summed E-state index contributed by atoms with van der Waals surface area (Å²) >= 11 is 0. The van der Waals surface area contributed by atoms with Crippen LogP contribution in [0.2, 0.25) is 0 Å². The molecule has 1 unspecified atom stereocenters. The lowest BCUT2D eigenvalue weighted by molar-refractivity contribution is -0.148. The molecule has 1 aromatic carbocycles. The van der Waals surface area contributed by atoms with Gasteiger partial charge in [0, 0.05) is 12.7 Å². The minimum Gasteiger partial charge on any atom is -0.487 e. The molecule has 1 amide bonds. The molecule has 1 atom stereocenters. The zero-order valence-corrected chi connectivity index (χ0v) is 13.8. The maximum atomic E-state index is 12.3. The van der Waals surface area contributed by atoms with E-state index in [2.05, 4.69) is 4.98 Å². The monoisotopic (exact) mass is 340 g/mol. The first-order chi connectivity index (χ1) is 12.1. The molecule has 0 saturated carbocycles. The number of pyridine rings is 1. The number of aliphatic carboxylic acids is 1. The summed E-state index contributed by atoms with van der Waals surface area (Å²) in [7, 11) is 0. The van der Waals surface area contributed by atoms with Crippen molar-refractivity contribution in [1.82, 2.24) is 9.88 Å². The van der Waals surface area contributed by atoms with Gasteiger partial charge in [-0.3, -0.25) is 9.78 Å². The number of hydrogen-bond donors (Lipinski definition) is 1. The van der Waals surface area contributed by atoms with Crippen molar-refractivity contribution < 1.29 is 19.4 Å². The van der Waals surface area contributed by atoms with Crippen LogP contribution in [0.4, 0.5) is 0 Å². The van der Waals surface area contributed by atoms with Crippen LogP contribution < -0.4 is 4.74 Å². The van der Waals surface area contributed by atoms with Crippen molar-refractivity contribution in [2.24, 2.45) is 0 Å².